The number of aromatic nitrogens is 4. The predicted molar refractivity (Wildman–Crippen MR) is 189 cm³/mol. The molecule has 0 bridgehead atoms. The fourth-order valence-corrected chi connectivity index (χ4v) is 6.06. The van der Waals surface area contributed by atoms with Crippen LogP contribution in [0.5, 0.6) is 5.75 Å². The predicted octanol–water partition coefficient (Wildman–Crippen LogP) is 8.20. The summed E-state index contributed by atoms with van der Waals surface area (Å²) in [5.41, 5.74) is 5.84. The van der Waals surface area contributed by atoms with E-state index in [0.29, 0.717) is 48.2 Å². The van der Waals surface area contributed by atoms with Gasteiger partial charge < -0.3 is 22.9 Å². The number of ether oxygens (including phenoxy) is 2. The summed E-state index contributed by atoms with van der Waals surface area (Å²) < 4.78 is 25.3. The van der Waals surface area contributed by atoms with Gasteiger partial charge in [-0.3, -0.25) is 4.79 Å². The number of carbonyl (C=O) groups is 1. The maximum absolute atomic E-state index is 13.7. The zero-order valence-corrected chi connectivity index (χ0v) is 27.9. The SMILES string of the molecule is COCc1nnc(CC(c2ccc(OCCc3nc(-c4ccccc4)oc3C)cc2)c2cccn2-c2ccccc2C(=O)c2ccccc2)o1. The number of methoxy groups -OCH3 is 1. The van der Waals surface area contributed by atoms with E-state index in [9.17, 15) is 4.79 Å². The molecule has 4 aromatic carbocycles. The van der Waals surface area contributed by atoms with Crippen LogP contribution < -0.4 is 4.74 Å². The number of oxazole rings is 1. The number of nitrogens with zero attached hydrogens (tertiary/aromatic N) is 4. The fraction of sp³-hybridized carbons (Fsp3) is 0.171. The first-order valence-corrected chi connectivity index (χ1v) is 16.5. The molecule has 0 N–H and O–H groups in total. The lowest BCUT2D eigenvalue weighted by molar-refractivity contribution is 0.103. The number of ketones is 1. The Balaban J connectivity index is 1.14. The van der Waals surface area contributed by atoms with Crippen molar-refractivity contribution in [2.75, 3.05) is 13.7 Å². The largest absolute Gasteiger partial charge is 0.493 e. The normalized spacial score (nSPS) is 11.8. The smallest absolute Gasteiger partial charge is 0.242 e. The first-order chi connectivity index (χ1) is 24.6. The quantitative estimate of drug-likeness (QED) is 0.107. The first kappa shape index (κ1) is 32.5. The van der Waals surface area contributed by atoms with Crippen LogP contribution in [-0.2, 0) is 24.2 Å². The minimum Gasteiger partial charge on any atom is -0.493 e. The molecule has 1 atom stereocenters. The third-order valence-corrected chi connectivity index (χ3v) is 8.54. The highest BCUT2D eigenvalue weighted by Gasteiger charge is 2.24. The Bertz CT molecular complexity index is 2170. The van der Waals surface area contributed by atoms with Gasteiger partial charge in [-0.25, -0.2) is 4.98 Å². The monoisotopic (exact) mass is 664 g/mol. The van der Waals surface area contributed by atoms with Crippen molar-refractivity contribution in [1.29, 1.82) is 0 Å². The fourth-order valence-electron chi connectivity index (χ4n) is 6.06. The van der Waals surface area contributed by atoms with Gasteiger partial charge in [0.25, 0.3) is 0 Å². The third-order valence-electron chi connectivity index (χ3n) is 8.54. The highest BCUT2D eigenvalue weighted by molar-refractivity contribution is 6.11. The van der Waals surface area contributed by atoms with E-state index in [1.54, 1.807) is 7.11 Å². The van der Waals surface area contributed by atoms with Crippen LogP contribution in [0, 0.1) is 6.92 Å². The summed E-state index contributed by atoms with van der Waals surface area (Å²) in [5, 5.41) is 8.47. The summed E-state index contributed by atoms with van der Waals surface area (Å²) in [5.74, 6) is 2.81. The highest BCUT2D eigenvalue weighted by atomic mass is 16.5. The molecular weight excluding hydrogens is 628 g/mol. The third kappa shape index (κ3) is 7.18. The van der Waals surface area contributed by atoms with Crippen molar-refractivity contribution >= 4 is 5.78 Å². The summed E-state index contributed by atoms with van der Waals surface area (Å²) in [6, 6.07) is 39.0. The van der Waals surface area contributed by atoms with Crippen LogP contribution in [0.2, 0.25) is 0 Å². The Kier molecular flexibility index (Phi) is 9.75. The van der Waals surface area contributed by atoms with E-state index in [2.05, 4.69) is 33.0 Å². The van der Waals surface area contributed by atoms with Crippen LogP contribution in [0.15, 0.2) is 136 Å². The van der Waals surface area contributed by atoms with Crippen LogP contribution in [0.4, 0.5) is 0 Å². The van der Waals surface area contributed by atoms with E-state index in [1.165, 1.54) is 0 Å². The van der Waals surface area contributed by atoms with Crippen LogP contribution in [0.1, 0.15) is 56.3 Å². The minimum atomic E-state index is -0.191. The number of carbonyl (C=O) groups excluding carboxylic acids is 1. The van der Waals surface area contributed by atoms with Crippen molar-refractivity contribution in [3.05, 3.63) is 173 Å². The molecule has 7 rings (SSSR count). The van der Waals surface area contributed by atoms with Crippen molar-refractivity contribution in [3.8, 4) is 22.9 Å². The molecule has 9 nitrogen and oxygen atoms in total. The topological polar surface area (TPSA) is 105 Å². The van der Waals surface area contributed by atoms with E-state index < -0.39 is 0 Å². The molecule has 0 fully saturated rings. The Labute approximate surface area is 290 Å². The summed E-state index contributed by atoms with van der Waals surface area (Å²) in [7, 11) is 1.59. The molecule has 0 radical (unpaired) electrons. The Hall–Kier alpha value is -6.06. The van der Waals surface area contributed by atoms with Gasteiger partial charge in [-0.15, -0.1) is 10.2 Å². The molecule has 3 aromatic heterocycles. The summed E-state index contributed by atoms with van der Waals surface area (Å²) in [6.45, 7) is 2.61. The van der Waals surface area contributed by atoms with Gasteiger partial charge in [0.1, 0.15) is 18.1 Å². The second-order valence-corrected chi connectivity index (χ2v) is 11.9. The van der Waals surface area contributed by atoms with Crippen molar-refractivity contribution in [1.82, 2.24) is 19.7 Å². The highest BCUT2D eigenvalue weighted by Crippen LogP contribution is 2.33. The van der Waals surface area contributed by atoms with E-state index in [1.807, 2.05) is 116 Å². The molecule has 0 aliphatic carbocycles. The molecule has 250 valence electrons. The number of rotatable bonds is 14. The number of hydrogen-bond donors (Lipinski definition) is 0. The van der Waals surface area contributed by atoms with Gasteiger partial charge >= 0.3 is 0 Å². The molecule has 0 aliphatic heterocycles. The maximum Gasteiger partial charge on any atom is 0.242 e. The zero-order chi connectivity index (χ0) is 34.3. The molecular formula is C41H36N4O5. The van der Waals surface area contributed by atoms with Gasteiger partial charge in [-0.05, 0) is 61.0 Å². The maximum atomic E-state index is 13.7. The molecule has 9 heteroatoms. The van der Waals surface area contributed by atoms with Gasteiger partial charge in [-0.2, -0.15) is 0 Å². The van der Waals surface area contributed by atoms with Crippen molar-refractivity contribution < 1.29 is 23.1 Å². The first-order valence-electron chi connectivity index (χ1n) is 16.5. The molecule has 50 heavy (non-hydrogen) atoms. The molecule has 0 saturated heterocycles. The van der Waals surface area contributed by atoms with Crippen LogP contribution >= 0.6 is 0 Å². The van der Waals surface area contributed by atoms with E-state index >= 15 is 0 Å². The van der Waals surface area contributed by atoms with E-state index in [-0.39, 0.29) is 18.3 Å². The Morgan fingerprint density at radius 1 is 0.800 bits per heavy atom. The lowest BCUT2D eigenvalue weighted by atomic mass is 9.91. The van der Waals surface area contributed by atoms with Gasteiger partial charge in [0.05, 0.1) is 18.0 Å². The van der Waals surface area contributed by atoms with Crippen LogP contribution in [-0.4, -0.2) is 39.2 Å². The van der Waals surface area contributed by atoms with Crippen molar-refractivity contribution in [3.63, 3.8) is 0 Å². The second-order valence-electron chi connectivity index (χ2n) is 11.9. The van der Waals surface area contributed by atoms with Crippen LogP contribution in [0.3, 0.4) is 0 Å². The summed E-state index contributed by atoms with van der Waals surface area (Å²) in [6.07, 6.45) is 3.03. The molecule has 3 heterocycles. The van der Waals surface area contributed by atoms with Crippen LogP contribution in [0.25, 0.3) is 17.1 Å². The molecule has 0 aliphatic rings. The van der Waals surface area contributed by atoms with E-state index in [4.69, 9.17) is 23.3 Å². The second kappa shape index (κ2) is 15.0. The lowest BCUT2D eigenvalue weighted by Crippen LogP contribution is -2.13. The van der Waals surface area contributed by atoms with Gasteiger partial charge in [0.2, 0.25) is 17.7 Å². The van der Waals surface area contributed by atoms with Gasteiger partial charge in [0, 0.05) is 54.5 Å². The molecule has 0 saturated carbocycles. The number of hydrogen-bond acceptors (Lipinski definition) is 8. The molecule has 0 spiro atoms. The number of aryl methyl sites for hydroxylation is 1. The number of para-hydroxylation sites is 1. The Morgan fingerprint density at radius 2 is 1.52 bits per heavy atom. The standard InChI is InChI=1S/C41H36N4O5/c1-28-35(42-41(49-28)31-14-7-4-8-15-31)23-25-48-32-21-19-29(20-22-32)34(26-38-43-44-39(50-38)27-47-2)37-18-11-24-45(37)36-17-10-9-16-33(36)40(46)30-12-5-3-6-13-30/h3-22,24,34H,23,25-27H2,1-2H3. The molecule has 1 unspecified atom stereocenters. The zero-order valence-electron chi connectivity index (χ0n) is 27.9. The van der Waals surface area contributed by atoms with E-state index in [0.717, 1.165) is 39.7 Å². The van der Waals surface area contributed by atoms with Gasteiger partial charge in [0.15, 0.2) is 5.78 Å². The van der Waals surface area contributed by atoms with Gasteiger partial charge in [-0.1, -0.05) is 72.8 Å². The van der Waals surface area contributed by atoms with Crippen molar-refractivity contribution in [2.24, 2.45) is 0 Å². The minimum absolute atomic E-state index is 0.0443. The average Bonchev–Trinajstić information content (AvgIpc) is 3.92. The average molecular weight is 665 g/mol. The summed E-state index contributed by atoms with van der Waals surface area (Å²) >= 11 is 0. The molecule has 7 aromatic rings. The summed E-state index contributed by atoms with van der Waals surface area (Å²) in [4.78, 5) is 18.4. The van der Waals surface area contributed by atoms with Crippen molar-refractivity contribution in [2.45, 2.75) is 32.3 Å². The number of benzene rings is 4. The lowest BCUT2D eigenvalue weighted by Gasteiger charge is -2.21. The Morgan fingerprint density at radius 3 is 2.30 bits per heavy atom. The molecule has 0 amide bonds.